The maximum atomic E-state index is 9.57. The first-order valence-electron chi connectivity index (χ1n) is 10.3. The molecule has 6 nitrogen and oxygen atoms in total. The number of nitrogens with zero attached hydrogens (tertiary/aromatic N) is 3. The minimum absolute atomic E-state index is 0.0666. The Balaban J connectivity index is 1.50. The normalized spacial score (nSPS) is 11.1. The van der Waals surface area contributed by atoms with E-state index < -0.39 is 0 Å². The van der Waals surface area contributed by atoms with Crippen LogP contribution in [-0.4, -0.2) is 38.4 Å². The molecule has 0 saturated heterocycles. The lowest BCUT2D eigenvalue weighted by Crippen LogP contribution is -2.26. The number of fused-ring (bicyclic) bond motifs is 1. The van der Waals surface area contributed by atoms with Gasteiger partial charge in [0.05, 0.1) is 18.5 Å². The third kappa shape index (κ3) is 3.81. The third-order valence-electron chi connectivity index (χ3n) is 5.43. The second kappa shape index (κ2) is 8.45. The predicted molar refractivity (Wildman–Crippen MR) is 124 cm³/mol. The summed E-state index contributed by atoms with van der Waals surface area (Å²) in [6.07, 6.45) is 3.82. The van der Waals surface area contributed by atoms with Crippen LogP contribution in [0.4, 0.5) is 5.82 Å². The Hall–Kier alpha value is -3.90. The molecule has 0 radical (unpaired) electrons. The van der Waals surface area contributed by atoms with Crippen LogP contribution < -0.4 is 4.90 Å². The van der Waals surface area contributed by atoms with E-state index >= 15 is 0 Å². The lowest BCUT2D eigenvalue weighted by molar-refractivity contribution is 0.301. The predicted octanol–water partition coefficient (Wildman–Crippen LogP) is 4.62. The fourth-order valence-corrected chi connectivity index (χ4v) is 3.90. The van der Waals surface area contributed by atoms with Crippen LogP contribution in [0.25, 0.3) is 33.4 Å². The minimum atomic E-state index is 0.0666. The first kappa shape index (κ1) is 19.1. The smallest absolute Gasteiger partial charge is 0.140 e. The molecule has 2 aromatic carbocycles. The van der Waals surface area contributed by atoms with E-state index in [0.717, 1.165) is 39.2 Å². The van der Waals surface area contributed by atoms with Crippen molar-refractivity contribution in [2.24, 2.45) is 0 Å². The van der Waals surface area contributed by atoms with Crippen molar-refractivity contribution in [2.75, 3.05) is 18.1 Å². The number of nitrogens with one attached hydrogen (secondary N) is 2. The fraction of sp³-hybridized carbons (Fsp3) is 0.120. The SMILES string of the molecule is OCCN(Cc1ccccc1)c1ccc2c(-c3[nH]ncc3-c3ccccc3)c[nH]c2n1. The molecule has 0 unspecified atom stereocenters. The van der Waals surface area contributed by atoms with Gasteiger partial charge in [-0.3, -0.25) is 5.10 Å². The molecule has 0 amide bonds. The summed E-state index contributed by atoms with van der Waals surface area (Å²) >= 11 is 0. The molecule has 31 heavy (non-hydrogen) atoms. The first-order chi connectivity index (χ1) is 15.3. The number of rotatable bonds is 7. The Labute approximate surface area is 180 Å². The van der Waals surface area contributed by atoms with Crippen molar-refractivity contribution in [2.45, 2.75) is 6.54 Å². The molecule has 0 spiro atoms. The summed E-state index contributed by atoms with van der Waals surface area (Å²) in [7, 11) is 0. The topological polar surface area (TPSA) is 80.8 Å². The zero-order chi connectivity index (χ0) is 21.0. The van der Waals surface area contributed by atoms with Crippen LogP contribution in [0.5, 0.6) is 0 Å². The Bertz CT molecular complexity index is 1280. The van der Waals surface area contributed by atoms with Gasteiger partial charge in [-0.2, -0.15) is 5.10 Å². The molecule has 3 heterocycles. The maximum Gasteiger partial charge on any atom is 0.140 e. The van der Waals surface area contributed by atoms with Crippen molar-refractivity contribution < 1.29 is 5.11 Å². The van der Waals surface area contributed by atoms with Crippen molar-refractivity contribution in [1.82, 2.24) is 20.2 Å². The number of aliphatic hydroxyl groups excluding tert-OH is 1. The highest BCUT2D eigenvalue weighted by molar-refractivity contribution is 5.97. The number of aliphatic hydroxyl groups is 1. The number of benzene rings is 2. The van der Waals surface area contributed by atoms with Crippen molar-refractivity contribution >= 4 is 16.9 Å². The van der Waals surface area contributed by atoms with Crippen LogP contribution in [0.2, 0.25) is 0 Å². The molecule has 154 valence electrons. The molecule has 0 atom stereocenters. The summed E-state index contributed by atoms with van der Waals surface area (Å²) in [5.41, 5.74) is 6.14. The van der Waals surface area contributed by atoms with Gasteiger partial charge in [0.15, 0.2) is 0 Å². The van der Waals surface area contributed by atoms with E-state index in [1.807, 2.05) is 54.9 Å². The average Bonchev–Trinajstić information content (AvgIpc) is 3.46. The number of hydrogen-bond donors (Lipinski definition) is 3. The van der Waals surface area contributed by atoms with Crippen molar-refractivity contribution in [3.05, 3.63) is 90.8 Å². The number of anilines is 1. The van der Waals surface area contributed by atoms with Gasteiger partial charge in [0, 0.05) is 35.8 Å². The summed E-state index contributed by atoms with van der Waals surface area (Å²) in [6, 6.07) is 24.5. The van der Waals surface area contributed by atoms with Gasteiger partial charge in [-0.05, 0) is 23.3 Å². The zero-order valence-corrected chi connectivity index (χ0v) is 17.0. The molecule has 0 saturated carbocycles. The van der Waals surface area contributed by atoms with Crippen LogP contribution >= 0.6 is 0 Å². The second-order valence-corrected chi connectivity index (χ2v) is 7.42. The minimum Gasteiger partial charge on any atom is -0.395 e. The van der Waals surface area contributed by atoms with Crippen LogP contribution in [0.1, 0.15) is 5.56 Å². The van der Waals surface area contributed by atoms with E-state index in [4.69, 9.17) is 4.98 Å². The summed E-state index contributed by atoms with van der Waals surface area (Å²) in [5.74, 6) is 0.826. The highest BCUT2D eigenvalue weighted by Crippen LogP contribution is 2.34. The standard InChI is InChI=1S/C25H23N5O/c31-14-13-30(17-18-7-3-1-4-8-18)23-12-11-20-22(15-26-25(20)28-23)24-21(16-27-29-24)19-9-5-2-6-10-19/h1-12,15-16,31H,13-14,17H2,(H,26,28)(H,27,29). The fourth-order valence-electron chi connectivity index (χ4n) is 3.90. The van der Waals surface area contributed by atoms with Gasteiger partial charge < -0.3 is 15.0 Å². The van der Waals surface area contributed by atoms with Gasteiger partial charge in [-0.15, -0.1) is 0 Å². The Morgan fingerprint density at radius 3 is 2.42 bits per heavy atom. The molecular weight excluding hydrogens is 386 g/mol. The van der Waals surface area contributed by atoms with Crippen molar-refractivity contribution in [3.8, 4) is 22.4 Å². The van der Waals surface area contributed by atoms with Gasteiger partial charge in [-0.25, -0.2) is 4.98 Å². The quantitative estimate of drug-likeness (QED) is 0.366. The van der Waals surface area contributed by atoms with Crippen LogP contribution in [0.3, 0.4) is 0 Å². The van der Waals surface area contributed by atoms with Gasteiger partial charge in [0.2, 0.25) is 0 Å². The van der Waals surface area contributed by atoms with Crippen LogP contribution in [-0.2, 0) is 6.54 Å². The van der Waals surface area contributed by atoms with E-state index in [2.05, 4.69) is 50.4 Å². The number of pyridine rings is 1. The van der Waals surface area contributed by atoms with Crippen LogP contribution in [0, 0.1) is 0 Å². The summed E-state index contributed by atoms with van der Waals surface area (Å²) in [5, 5.41) is 18.0. The molecule has 6 heteroatoms. The lowest BCUT2D eigenvalue weighted by atomic mass is 10.0. The van der Waals surface area contributed by atoms with E-state index in [1.54, 1.807) is 0 Å². The van der Waals surface area contributed by atoms with Gasteiger partial charge >= 0.3 is 0 Å². The maximum absolute atomic E-state index is 9.57. The van der Waals surface area contributed by atoms with Gasteiger partial charge in [-0.1, -0.05) is 60.7 Å². The number of hydrogen-bond acceptors (Lipinski definition) is 4. The molecule has 0 aliphatic carbocycles. The molecule has 5 rings (SSSR count). The Kier molecular flexibility index (Phi) is 5.21. The molecule has 0 bridgehead atoms. The molecule has 5 aromatic rings. The second-order valence-electron chi connectivity index (χ2n) is 7.42. The van der Waals surface area contributed by atoms with E-state index in [1.165, 1.54) is 5.56 Å². The largest absolute Gasteiger partial charge is 0.395 e. The Morgan fingerprint density at radius 1 is 0.871 bits per heavy atom. The molecule has 3 N–H and O–H groups in total. The van der Waals surface area contributed by atoms with E-state index in [-0.39, 0.29) is 6.61 Å². The third-order valence-corrected chi connectivity index (χ3v) is 5.43. The van der Waals surface area contributed by atoms with E-state index in [0.29, 0.717) is 13.1 Å². The summed E-state index contributed by atoms with van der Waals surface area (Å²) in [4.78, 5) is 10.2. The summed E-state index contributed by atoms with van der Waals surface area (Å²) < 4.78 is 0. The van der Waals surface area contributed by atoms with Crippen molar-refractivity contribution in [1.29, 1.82) is 0 Å². The zero-order valence-electron chi connectivity index (χ0n) is 17.0. The average molecular weight is 409 g/mol. The van der Waals surface area contributed by atoms with Gasteiger partial charge in [0.1, 0.15) is 11.5 Å². The van der Waals surface area contributed by atoms with E-state index in [9.17, 15) is 5.11 Å². The number of aromatic nitrogens is 4. The first-order valence-corrected chi connectivity index (χ1v) is 10.3. The molecule has 0 aliphatic rings. The molecule has 3 aromatic heterocycles. The van der Waals surface area contributed by atoms with Gasteiger partial charge in [0.25, 0.3) is 0 Å². The monoisotopic (exact) mass is 409 g/mol. The number of H-pyrrole nitrogens is 2. The van der Waals surface area contributed by atoms with Crippen molar-refractivity contribution in [3.63, 3.8) is 0 Å². The van der Waals surface area contributed by atoms with Crippen LogP contribution in [0.15, 0.2) is 85.2 Å². The molecule has 0 fully saturated rings. The number of aromatic amines is 2. The highest BCUT2D eigenvalue weighted by atomic mass is 16.3. The molecular formula is C25H23N5O. The Morgan fingerprint density at radius 2 is 1.65 bits per heavy atom. The molecule has 0 aliphatic heterocycles. The highest BCUT2D eigenvalue weighted by Gasteiger charge is 2.16. The lowest BCUT2D eigenvalue weighted by Gasteiger charge is -2.23. The summed E-state index contributed by atoms with van der Waals surface area (Å²) in [6.45, 7) is 1.27.